The molecule has 1 aliphatic rings. The summed E-state index contributed by atoms with van der Waals surface area (Å²) in [5.74, 6) is -1.82. The van der Waals surface area contributed by atoms with Gasteiger partial charge >= 0.3 is 11.9 Å². The van der Waals surface area contributed by atoms with Crippen molar-refractivity contribution < 1.29 is 24.5 Å². The van der Waals surface area contributed by atoms with E-state index in [1.54, 1.807) is 4.90 Å². The lowest BCUT2D eigenvalue weighted by atomic mass is 10.0. The normalized spacial score (nSPS) is 28.7. The Morgan fingerprint density at radius 3 is 2.59 bits per heavy atom. The van der Waals surface area contributed by atoms with Gasteiger partial charge in [-0.05, 0) is 13.3 Å². The summed E-state index contributed by atoms with van der Waals surface area (Å²) in [7, 11) is 1.19. The van der Waals surface area contributed by atoms with Crippen LogP contribution in [-0.2, 0) is 14.3 Å². The van der Waals surface area contributed by atoms with E-state index in [9.17, 15) is 14.7 Å². The first-order chi connectivity index (χ1) is 7.71. The first-order valence-electron chi connectivity index (χ1n) is 5.27. The molecule has 1 rings (SSSR count). The summed E-state index contributed by atoms with van der Waals surface area (Å²) >= 11 is 0. The Morgan fingerprint density at radius 1 is 1.59 bits per heavy atom. The molecule has 17 heavy (non-hydrogen) atoms. The highest BCUT2D eigenvalue weighted by Gasteiger charge is 2.44. The fourth-order valence-corrected chi connectivity index (χ4v) is 1.94. The van der Waals surface area contributed by atoms with Gasteiger partial charge in [-0.3, -0.25) is 9.69 Å². The Kier molecular flexibility index (Phi) is 3.75. The summed E-state index contributed by atoms with van der Waals surface area (Å²) in [4.78, 5) is 23.8. The van der Waals surface area contributed by atoms with E-state index in [1.807, 2.05) is 0 Å². The van der Waals surface area contributed by atoms with Crippen LogP contribution in [-0.4, -0.2) is 64.9 Å². The predicted octanol–water partition coefficient (Wildman–Crippen LogP) is -1.60. The number of likely N-dealkylation sites (tertiary alicyclic amines) is 1. The summed E-state index contributed by atoms with van der Waals surface area (Å²) in [6.07, 6.45) is 0.291. The summed E-state index contributed by atoms with van der Waals surface area (Å²) < 4.78 is 4.46. The lowest BCUT2D eigenvalue weighted by Crippen LogP contribution is -2.52. The number of hydrogen-bond acceptors (Lipinski definition) is 6. The number of ether oxygens (including phenoxy) is 1. The number of methoxy groups -OCH3 is 1. The van der Waals surface area contributed by atoms with Crippen molar-refractivity contribution in [3.8, 4) is 0 Å². The van der Waals surface area contributed by atoms with E-state index in [0.717, 1.165) is 0 Å². The molecular formula is C10H18N2O5. The van der Waals surface area contributed by atoms with Gasteiger partial charge in [0.05, 0.1) is 7.11 Å². The lowest BCUT2D eigenvalue weighted by Gasteiger charge is -2.27. The van der Waals surface area contributed by atoms with Gasteiger partial charge in [-0.1, -0.05) is 0 Å². The van der Waals surface area contributed by atoms with Crippen molar-refractivity contribution in [3.63, 3.8) is 0 Å². The van der Waals surface area contributed by atoms with Crippen LogP contribution >= 0.6 is 0 Å². The molecule has 0 aromatic carbocycles. The van der Waals surface area contributed by atoms with Gasteiger partial charge in [0.15, 0.2) is 5.60 Å². The van der Waals surface area contributed by atoms with Crippen molar-refractivity contribution in [2.24, 2.45) is 5.73 Å². The highest BCUT2D eigenvalue weighted by Crippen LogP contribution is 2.21. The molecule has 2 atom stereocenters. The molecule has 0 amide bonds. The SMILES string of the molecule is COC(=O)C(C)(O)CN1CCC(N)(C(=O)O)C1. The third-order valence-corrected chi connectivity index (χ3v) is 2.96. The van der Waals surface area contributed by atoms with Gasteiger partial charge in [0.1, 0.15) is 5.54 Å². The quantitative estimate of drug-likeness (QED) is 0.512. The predicted molar refractivity (Wildman–Crippen MR) is 58.3 cm³/mol. The number of esters is 1. The molecule has 0 aliphatic carbocycles. The average Bonchev–Trinajstić information content (AvgIpc) is 2.59. The number of carboxylic acid groups (broad SMARTS) is 1. The van der Waals surface area contributed by atoms with Gasteiger partial charge < -0.3 is 20.7 Å². The fourth-order valence-electron chi connectivity index (χ4n) is 1.94. The number of aliphatic carboxylic acids is 1. The lowest BCUT2D eigenvalue weighted by molar-refractivity contribution is -0.162. The molecule has 98 valence electrons. The van der Waals surface area contributed by atoms with Crippen LogP contribution in [0.1, 0.15) is 13.3 Å². The maximum absolute atomic E-state index is 11.3. The van der Waals surface area contributed by atoms with Crippen molar-refractivity contribution in [1.29, 1.82) is 0 Å². The number of aliphatic hydroxyl groups is 1. The first-order valence-corrected chi connectivity index (χ1v) is 5.27. The van der Waals surface area contributed by atoms with E-state index in [-0.39, 0.29) is 13.1 Å². The third-order valence-electron chi connectivity index (χ3n) is 2.96. The van der Waals surface area contributed by atoms with E-state index in [0.29, 0.717) is 13.0 Å². The molecule has 7 nitrogen and oxygen atoms in total. The van der Waals surface area contributed by atoms with Crippen LogP contribution < -0.4 is 5.73 Å². The molecule has 1 heterocycles. The Hall–Kier alpha value is -1.18. The zero-order valence-corrected chi connectivity index (χ0v) is 9.97. The highest BCUT2D eigenvalue weighted by atomic mass is 16.5. The molecule has 0 saturated carbocycles. The second-order valence-electron chi connectivity index (χ2n) is 4.69. The molecular weight excluding hydrogens is 228 g/mol. The van der Waals surface area contributed by atoms with Gasteiger partial charge in [-0.25, -0.2) is 4.79 Å². The second kappa shape index (κ2) is 4.59. The van der Waals surface area contributed by atoms with E-state index >= 15 is 0 Å². The maximum atomic E-state index is 11.3. The Bertz CT molecular complexity index is 331. The molecule has 0 spiro atoms. The van der Waals surface area contributed by atoms with E-state index < -0.39 is 23.1 Å². The Morgan fingerprint density at radius 2 is 2.18 bits per heavy atom. The Balaban J connectivity index is 2.62. The van der Waals surface area contributed by atoms with Crippen LogP contribution in [0, 0.1) is 0 Å². The van der Waals surface area contributed by atoms with Crippen LogP contribution in [0.25, 0.3) is 0 Å². The third kappa shape index (κ3) is 2.93. The minimum absolute atomic E-state index is 0.00586. The molecule has 0 aromatic heterocycles. The van der Waals surface area contributed by atoms with Crippen LogP contribution in [0.3, 0.4) is 0 Å². The van der Waals surface area contributed by atoms with Crippen molar-refractivity contribution in [3.05, 3.63) is 0 Å². The van der Waals surface area contributed by atoms with Gasteiger partial charge in [0.2, 0.25) is 0 Å². The monoisotopic (exact) mass is 246 g/mol. The zero-order valence-electron chi connectivity index (χ0n) is 9.97. The number of hydrogen-bond donors (Lipinski definition) is 3. The number of carbonyl (C=O) groups excluding carboxylic acids is 1. The highest BCUT2D eigenvalue weighted by molar-refractivity contribution is 5.80. The molecule has 7 heteroatoms. The van der Waals surface area contributed by atoms with Crippen molar-refractivity contribution in [2.45, 2.75) is 24.5 Å². The van der Waals surface area contributed by atoms with Gasteiger partial charge in [0.25, 0.3) is 0 Å². The fraction of sp³-hybridized carbons (Fsp3) is 0.800. The molecule has 1 fully saturated rings. The van der Waals surface area contributed by atoms with Crippen molar-refractivity contribution >= 4 is 11.9 Å². The maximum Gasteiger partial charge on any atom is 0.338 e. The molecule has 0 radical (unpaired) electrons. The molecule has 2 unspecified atom stereocenters. The van der Waals surface area contributed by atoms with Crippen LogP contribution in [0.5, 0.6) is 0 Å². The van der Waals surface area contributed by atoms with Gasteiger partial charge in [-0.15, -0.1) is 0 Å². The van der Waals surface area contributed by atoms with Crippen molar-refractivity contribution in [2.75, 3.05) is 26.7 Å². The zero-order chi connectivity index (χ0) is 13.3. The molecule has 1 aliphatic heterocycles. The number of carboxylic acids is 1. The summed E-state index contributed by atoms with van der Waals surface area (Å²) in [5, 5.41) is 18.8. The number of rotatable bonds is 4. The van der Waals surface area contributed by atoms with E-state index in [2.05, 4.69) is 4.74 Å². The summed E-state index contributed by atoms with van der Waals surface area (Å²) in [6.45, 7) is 1.87. The number of carbonyl (C=O) groups is 2. The van der Waals surface area contributed by atoms with Gasteiger partial charge in [-0.2, -0.15) is 0 Å². The van der Waals surface area contributed by atoms with Crippen molar-refractivity contribution in [1.82, 2.24) is 4.90 Å². The topological polar surface area (TPSA) is 113 Å². The second-order valence-corrected chi connectivity index (χ2v) is 4.69. The smallest absolute Gasteiger partial charge is 0.338 e. The Labute approximate surface area is 99.1 Å². The number of nitrogens with two attached hydrogens (primary N) is 1. The average molecular weight is 246 g/mol. The van der Waals surface area contributed by atoms with Crippen LogP contribution in [0.15, 0.2) is 0 Å². The molecule has 1 saturated heterocycles. The standard InChI is InChI=1S/C10H18N2O5/c1-9(16,8(15)17-2)5-12-4-3-10(11,6-12)7(13)14/h16H,3-6,11H2,1-2H3,(H,13,14). The molecule has 0 bridgehead atoms. The molecule has 4 N–H and O–H groups in total. The number of nitrogens with zero attached hydrogens (tertiary/aromatic N) is 1. The van der Waals surface area contributed by atoms with E-state index in [4.69, 9.17) is 10.8 Å². The first kappa shape index (κ1) is 13.9. The summed E-state index contributed by atoms with van der Waals surface area (Å²) in [6, 6.07) is 0. The summed E-state index contributed by atoms with van der Waals surface area (Å²) in [5.41, 5.74) is 2.73. The van der Waals surface area contributed by atoms with Crippen LogP contribution in [0.2, 0.25) is 0 Å². The van der Waals surface area contributed by atoms with E-state index in [1.165, 1.54) is 14.0 Å². The van der Waals surface area contributed by atoms with Gasteiger partial charge in [0, 0.05) is 19.6 Å². The largest absolute Gasteiger partial charge is 0.480 e. The minimum atomic E-state index is -1.65. The van der Waals surface area contributed by atoms with Crippen LogP contribution in [0.4, 0.5) is 0 Å². The molecule has 0 aromatic rings. The number of β-amino-alcohol motifs (C(OH)–C–C–N with tert-alkyl or cyclic N) is 1. The minimum Gasteiger partial charge on any atom is -0.480 e.